The molecule has 76 valence electrons. The summed E-state index contributed by atoms with van der Waals surface area (Å²) in [6, 6.07) is 6.48. The molecule has 0 aliphatic rings. The molecule has 0 atom stereocenters. The first-order valence-electron chi connectivity index (χ1n) is 4.12. The van der Waals surface area contributed by atoms with Gasteiger partial charge in [0.05, 0.1) is 11.3 Å². The van der Waals surface area contributed by atoms with E-state index < -0.39 is 5.97 Å². The Morgan fingerprint density at radius 2 is 1.86 bits per heavy atom. The molecule has 0 spiro atoms. The van der Waals surface area contributed by atoms with E-state index in [4.69, 9.17) is 5.11 Å². The van der Waals surface area contributed by atoms with Crippen LogP contribution in [0.3, 0.4) is 0 Å². The Kier molecular flexibility index (Phi) is 3.44. The Hall–Kier alpha value is -1.59. The average molecular weight is 195 g/mol. The van der Waals surface area contributed by atoms with Crippen molar-refractivity contribution in [2.75, 3.05) is 19.5 Å². The molecule has 0 radical (unpaired) electrons. The van der Waals surface area contributed by atoms with Crippen molar-refractivity contribution in [2.45, 2.75) is 0 Å². The molecule has 0 saturated carbocycles. The highest BCUT2D eigenvalue weighted by Gasteiger charge is 2.00. The highest BCUT2D eigenvalue weighted by Crippen LogP contribution is 2.07. The molecule has 1 aromatic carbocycles. The van der Waals surface area contributed by atoms with Crippen LogP contribution in [0.15, 0.2) is 24.3 Å². The lowest BCUT2D eigenvalue weighted by molar-refractivity contribution is 0.0697. The zero-order valence-corrected chi connectivity index (χ0v) is 8.11. The van der Waals surface area contributed by atoms with E-state index in [1.165, 1.54) is 0 Å². The van der Waals surface area contributed by atoms with Gasteiger partial charge in [0.2, 0.25) is 0 Å². The van der Waals surface area contributed by atoms with Gasteiger partial charge in [0.25, 0.3) is 0 Å². The van der Waals surface area contributed by atoms with Gasteiger partial charge in [0.1, 0.15) is 0 Å². The summed E-state index contributed by atoms with van der Waals surface area (Å²) in [6.45, 7) is 0. The standard InChI is InChI=1S/C9H13N3O2/c1-12(2)11-10-8-5-3-7(4-6-8)9(13)14/h3-6,10-11H,1-2H3,(H,13,14). The van der Waals surface area contributed by atoms with Crippen LogP contribution in [0.1, 0.15) is 10.4 Å². The molecule has 0 aliphatic carbocycles. The summed E-state index contributed by atoms with van der Waals surface area (Å²) in [5.41, 5.74) is 6.83. The quantitative estimate of drug-likeness (QED) is 0.619. The molecule has 5 heteroatoms. The minimum atomic E-state index is -0.919. The number of carboxylic acids is 1. The molecule has 0 unspecified atom stereocenters. The predicted octanol–water partition coefficient (Wildman–Crippen LogP) is 0.778. The van der Waals surface area contributed by atoms with Crippen LogP contribution in [0.4, 0.5) is 5.69 Å². The normalized spacial score (nSPS) is 10.2. The van der Waals surface area contributed by atoms with Gasteiger partial charge in [-0.2, -0.15) is 5.53 Å². The monoisotopic (exact) mass is 195 g/mol. The molecule has 5 nitrogen and oxygen atoms in total. The van der Waals surface area contributed by atoms with Crippen molar-refractivity contribution in [1.82, 2.24) is 10.5 Å². The largest absolute Gasteiger partial charge is 0.478 e. The van der Waals surface area contributed by atoms with Crippen LogP contribution in [-0.2, 0) is 0 Å². The maximum Gasteiger partial charge on any atom is 0.335 e. The Bertz CT molecular complexity index is 308. The summed E-state index contributed by atoms with van der Waals surface area (Å²) < 4.78 is 0. The van der Waals surface area contributed by atoms with Crippen LogP contribution in [0, 0.1) is 0 Å². The van der Waals surface area contributed by atoms with E-state index in [1.54, 1.807) is 29.3 Å². The lowest BCUT2D eigenvalue weighted by Gasteiger charge is -2.13. The highest BCUT2D eigenvalue weighted by molar-refractivity contribution is 5.87. The van der Waals surface area contributed by atoms with Crippen molar-refractivity contribution in [3.63, 3.8) is 0 Å². The van der Waals surface area contributed by atoms with E-state index in [0.717, 1.165) is 5.69 Å². The molecule has 0 amide bonds. The molecule has 0 fully saturated rings. The molecule has 0 aromatic heterocycles. The summed E-state index contributed by atoms with van der Waals surface area (Å²) in [5, 5.41) is 10.4. The Morgan fingerprint density at radius 3 is 2.29 bits per heavy atom. The summed E-state index contributed by atoms with van der Waals surface area (Å²) in [7, 11) is 3.69. The van der Waals surface area contributed by atoms with Crippen LogP contribution >= 0.6 is 0 Å². The number of nitrogens with one attached hydrogen (secondary N) is 2. The maximum atomic E-state index is 10.5. The predicted molar refractivity (Wildman–Crippen MR) is 53.8 cm³/mol. The third-order valence-corrected chi connectivity index (χ3v) is 1.56. The summed E-state index contributed by atoms with van der Waals surface area (Å²) in [4.78, 5) is 10.5. The molecular formula is C9H13N3O2. The van der Waals surface area contributed by atoms with Gasteiger partial charge in [-0.1, -0.05) is 0 Å². The number of rotatable bonds is 4. The molecule has 1 aromatic rings. The minimum absolute atomic E-state index is 0.278. The van der Waals surface area contributed by atoms with Crippen molar-refractivity contribution in [3.8, 4) is 0 Å². The van der Waals surface area contributed by atoms with E-state index in [2.05, 4.69) is 11.0 Å². The van der Waals surface area contributed by atoms with E-state index in [9.17, 15) is 4.79 Å². The molecule has 0 bridgehead atoms. The fourth-order valence-electron chi connectivity index (χ4n) is 0.872. The Morgan fingerprint density at radius 1 is 1.29 bits per heavy atom. The van der Waals surface area contributed by atoms with Crippen LogP contribution in [0.25, 0.3) is 0 Å². The number of hydrogen-bond acceptors (Lipinski definition) is 4. The van der Waals surface area contributed by atoms with Crippen LogP contribution < -0.4 is 11.0 Å². The summed E-state index contributed by atoms with van der Waals surface area (Å²) in [6.07, 6.45) is 0. The third-order valence-electron chi connectivity index (χ3n) is 1.56. The number of anilines is 1. The van der Waals surface area contributed by atoms with Gasteiger partial charge in [-0.05, 0) is 24.3 Å². The maximum absolute atomic E-state index is 10.5. The van der Waals surface area contributed by atoms with Gasteiger partial charge >= 0.3 is 5.97 Å². The first-order chi connectivity index (χ1) is 6.59. The second kappa shape index (κ2) is 4.59. The SMILES string of the molecule is CN(C)NNc1ccc(C(=O)O)cc1. The second-order valence-electron chi connectivity index (χ2n) is 3.01. The number of benzene rings is 1. The Balaban J connectivity index is 2.60. The summed E-state index contributed by atoms with van der Waals surface area (Å²) >= 11 is 0. The van der Waals surface area contributed by atoms with Crippen molar-refractivity contribution >= 4 is 11.7 Å². The smallest absolute Gasteiger partial charge is 0.335 e. The topological polar surface area (TPSA) is 64.6 Å². The van der Waals surface area contributed by atoms with Crippen molar-refractivity contribution < 1.29 is 9.90 Å². The van der Waals surface area contributed by atoms with Gasteiger partial charge in [0.15, 0.2) is 0 Å². The molecule has 1 rings (SSSR count). The van der Waals surface area contributed by atoms with E-state index >= 15 is 0 Å². The van der Waals surface area contributed by atoms with Gasteiger partial charge in [-0.3, -0.25) is 0 Å². The van der Waals surface area contributed by atoms with Gasteiger partial charge in [0, 0.05) is 14.1 Å². The molecule has 0 aliphatic heterocycles. The first kappa shape index (κ1) is 10.5. The molecule has 14 heavy (non-hydrogen) atoms. The molecule has 3 N–H and O–H groups in total. The highest BCUT2D eigenvalue weighted by atomic mass is 16.4. The van der Waals surface area contributed by atoms with Crippen molar-refractivity contribution in [3.05, 3.63) is 29.8 Å². The molecule has 0 saturated heterocycles. The minimum Gasteiger partial charge on any atom is -0.478 e. The van der Waals surface area contributed by atoms with E-state index in [1.807, 2.05) is 14.1 Å². The molecule has 0 heterocycles. The Labute approximate surface area is 82.3 Å². The average Bonchev–Trinajstić information content (AvgIpc) is 2.15. The van der Waals surface area contributed by atoms with Crippen LogP contribution in [0.5, 0.6) is 0 Å². The van der Waals surface area contributed by atoms with Crippen LogP contribution in [0.2, 0.25) is 0 Å². The van der Waals surface area contributed by atoms with E-state index in [0.29, 0.717) is 0 Å². The number of carboxylic acid groups (broad SMARTS) is 1. The zero-order valence-electron chi connectivity index (χ0n) is 8.11. The third kappa shape index (κ3) is 3.04. The summed E-state index contributed by atoms with van der Waals surface area (Å²) in [5.74, 6) is -0.919. The van der Waals surface area contributed by atoms with Gasteiger partial charge < -0.3 is 10.5 Å². The van der Waals surface area contributed by atoms with Crippen molar-refractivity contribution in [2.24, 2.45) is 0 Å². The van der Waals surface area contributed by atoms with Gasteiger partial charge in [-0.15, -0.1) is 0 Å². The fraction of sp³-hybridized carbons (Fsp3) is 0.222. The lowest BCUT2D eigenvalue weighted by Crippen LogP contribution is -2.35. The first-order valence-corrected chi connectivity index (χ1v) is 4.12. The van der Waals surface area contributed by atoms with E-state index in [-0.39, 0.29) is 5.56 Å². The van der Waals surface area contributed by atoms with Crippen molar-refractivity contribution in [1.29, 1.82) is 0 Å². The van der Waals surface area contributed by atoms with Crippen LogP contribution in [-0.4, -0.2) is 30.2 Å². The fourth-order valence-corrected chi connectivity index (χ4v) is 0.872. The number of hydrazine groups is 2. The second-order valence-corrected chi connectivity index (χ2v) is 3.01. The lowest BCUT2D eigenvalue weighted by atomic mass is 10.2. The zero-order chi connectivity index (χ0) is 10.6. The number of nitrogens with zero attached hydrogens (tertiary/aromatic N) is 1. The van der Waals surface area contributed by atoms with Gasteiger partial charge in [-0.25, -0.2) is 9.80 Å². The number of carbonyl (C=O) groups is 1. The molecular weight excluding hydrogens is 182 g/mol. The number of aromatic carboxylic acids is 1. The number of hydrogen-bond donors (Lipinski definition) is 3.